The minimum absolute atomic E-state index is 0.258. The van der Waals surface area contributed by atoms with E-state index < -0.39 is 5.60 Å². The molecule has 0 bridgehead atoms. The number of hydrogen-bond acceptors (Lipinski definition) is 4. The number of aliphatic hydroxyl groups excluding tert-OH is 1. The Bertz CT molecular complexity index is 1150. The highest BCUT2D eigenvalue weighted by atomic mass is 19.1. The molecule has 1 unspecified atom stereocenters. The number of ether oxygens (including phenoxy) is 1. The Balaban J connectivity index is 1.41. The summed E-state index contributed by atoms with van der Waals surface area (Å²) in [4.78, 5) is 15.0. The van der Waals surface area contributed by atoms with E-state index in [1.807, 2.05) is 19.9 Å². The number of halogens is 1. The van der Waals surface area contributed by atoms with Crippen molar-refractivity contribution < 1.29 is 19.0 Å². The minimum atomic E-state index is -0.603. The number of carbonyl (C=O) groups excluding carboxylic acids is 1. The van der Waals surface area contributed by atoms with Gasteiger partial charge in [-0.25, -0.2) is 4.39 Å². The molecule has 2 N–H and O–H groups in total. The summed E-state index contributed by atoms with van der Waals surface area (Å²) in [5.74, 6) is 0.212. The third-order valence-corrected chi connectivity index (χ3v) is 6.79. The first-order valence-electron chi connectivity index (χ1n) is 11.5. The zero-order valence-electron chi connectivity index (χ0n) is 19.0. The largest absolute Gasteiger partial charge is 0.482 e. The summed E-state index contributed by atoms with van der Waals surface area (Å²) in [6.07, 6.45) is 4.16. The van der Waals surface area contributed by atoms with Gasteiger partial charge in [0.25, 0.3) is 5.91 Å². The molecule has 2 aromatic rings. The topological polar surface area (TPSA) is 61.8 Å². The van der Waals surface area contributed by atoms with Gasteiger partial charge >= 0.3 is 0 Å². The average Bonchev–Trinajstić information content (AvgIpc) is 3.28. The SMILES string of the molecule is CC1(C)O/C(=C2/C(=O)Nc3cc(F)ccc32)C=C1c1ccc(CN2CCCC(CO)C2)cc1. The van der Waals surface area contributed by atoms with Gasteiger partial charge in [-0.05, 0) is 74.6 Å². The van der Waals surface area contributed by atoms with E-state index in [0.29, 0.717) is 28.5 Å². The lowest BCUT2D eigenvalue weighted by Gasteiger charge is -2.31. The van der Waals surface area contributed by atoms with Crippen molar-refractivity contribution in [2.75, 3.05) is 25.0 Å². The van der Waals surface area contributed by atoms with Gasteiger partial charge in [-0.3, -0.25) is 9.69 Å². The number of anilines is 1. The molecule has 5 rings (SSSR count). The van der Waals surface area contributed by atoms with Crippen LogP contribution in [0.1, 0.15) is 43.4 Å². The van der Waals surface area contributed by atoms with Crippen LogP contribution in [0.4, 0.5) is 10.1 Å². The van der Waals surface area contributed by atoms with Gasteiger partial charge in [0.2, 0.25) is 0 Å². The van der Waals surface area contributed by atoms with Crippen LogP contribution >= 0.6 is 0 Å². The lowest BCUT2D eigenvalue weighted by atomic mass is 9.91. The second-order valence-corrected chi connectivity index (χ2v) is 9.68. The molecule has 33 heavy (non-hydrogen) atoms. The molecule has 0 spiro atoms. The molecule has 1 saturated heterocycles. The number of likely N-dealkylation sites (tertiary alicyclic amines) is 1. The number of rotatable bonds is 4. The molecule has 3 aliphatic rings. The summed E-state index contributed by atoms with van der Waals surface area (Å²) >= 11 is 0. The van der Waals surface area contributed by atoms with Gasteiger partial charge in [-0.2, -0.15) is 0 Å². The van der Waals surface area contributed by atoms with Gasteiger partial charge in [0.1, 0.15) is 17.2 Å². The number of benzene rings is 2. The van der Waals surface area contributed by atoms with Crippen LogP contribution < -0.4 is 5.32 Å². The first-order valence-corrected chi connectivity index (χ1v) is 11.5. The average molecular weight is 449 g/mol. The molecular formula is C27H29FN2O3. The molecule has 3 aliphatic heterocycles. The Labute approximate surface area is 193 Å². The number of allylic oxidation sites excluding steroid dienone is 1. The minimum Gasteiger partial charge on any atom is -0.482 e. The molecule has 0 saturated carbocycles. The molecule has 1 atom stereocenters. The molecule has 172 valence electrons. The maximum Gasteiger partial charge on any atom is 0.260 e. The van der Waals surface area contributed by atoms with Crippen molar-refractivity contribution in [2.24, 2.45) is 5.92 Å². The Kier molecular flexibility index (Phi) is 5.59. The predicted octanol–water partition coefficient (Wildman–Crippen LogP) is 4.59. The number of nitrogens with zero attached hydrogens (tertiary/aromatic N) is 1. The number of aliphatic hydroxyl groups is 1. The number of piperidine rings is 1. The normalized spacial score (nSPS) is 24.3. The van der Waals surface area contributed by atoms with Crippen molar-refractivity contribution in [1.82, 2.24) is 4.90 Å². The summed E-state index contributed by atoms with van der Waals surface area (Å²) in [6.45, 7) is 7.11. The van der Waals surface area contributed by atoms with Gasteiger partial charge in [0.05, 0.1) is 11.3 Å². The van der Waals surface area contributed by atoms with E-state index in [4.69, 9.17) is 4.74 Å². The second kappa shape index (κ2) is 8.43. The molecular weight excluding hydrogens is 419 g/mol. The van der Waals surface area contributed by atoms with Crippen LogP contribution in [0.5, 0.6) is 0 Å². The molecule has 6 heteroatoms. The van der Waals surface area contributed by atoms with Crippen LogP contribution in [0.15, 0.2) is 54.3 Å². The molecule has 0 radical (unpaired) electrons. The van der Waals surface area contributed by atoms with Gasteiger partial charge in [-0.15, -0.1) is 0 Å². The van der Waals surface area contributed by atoms with Crippen LogP contribution in [-0.4, -0.2) is 41.2 Å². The number of fused-ring (bicyclic) bond motifs is 1. The van der Waals surface area contributed by atoms with Crippen molar-refractivity contribution in [2.45, 2.75) is 38.8 Å². The highest BCUT2D eigenvalue weighted by Crippen LogP contribution is 2.44. The fourth-order valence-electron chi connectivity index (χ4n) is 5.10. The van der Waals surface area contributed by atoms with Crippen molar-refractivity contribution in [1.29, 1.82) is 0 Å². The van der Waals surface area contributed by atoms with E-state index >= 15 is 0 Å². The van der Waals surface area contributed by atoms with Crippen molar-refractivity contribution in [3.63, 3.8) is 0 Å². The van der Waals surface area contributed by atoms with E-state index in [0.717, 1.165) is 43.6 Å². The second-order valence-electron chi connectivity index (χ2n) is 9.68. The highest BCUT2D eigenvalue weighted by Gasteiger charge is 2.38. The van der Waals surface area contributed by atoms with Crippen LogP contribution in [0.3, 0.4) is 0 Å². The predicted molar refractivity (Wildman–Crippen MR) is 127 cm³/mol. The van der Waals surface area contributed by atoms with Crippen molar-refractivity contribution in [3.05, 3.63) is 76.8 Å². The molecule has 1 fully saturated rings. The van der Waals surface area contributed by atoms with E-state index in [2.05, 4.69) is 34.5 Å². The van der Waals surface area contributed by atoms with E-state index in [9.17, 15) is 14.3 Å². The summed E-state index contributed by atoms with van der Waals surface area (Å²) in [6, 6.07) is 12.8. The van der Waals surface area contributed by atoms with E-state index in [1.165, 1.54) is 17.7 Å². The first kappa shape index (κ1) is 21.9. The number of amides is 1. The summed E-state index contributed by atoms with van der Waals surface area (Å²) in [5.41, 5.74) is 4.24. The smallest absolute Gasteiger partial charge is 0.260 e. The van der Waals surface area contributed by atoms with Gasteiger partial charge in [-0.1, -0.05) is 24.3 Å². The maximum absolute atomic E-state index is 13.6. The molecule has 5 nitrogen and oxygen atoms in total. The van der Waals surface area contributed by atoms with Gasteiger partial charge in [0.15, 0.2) is 0 Å². The van der Waals surface area contributed by atoms with Gasteiger partial charge < -0.3 is 15.2 Å². The summed E-state index contributed by atoms with van der Waals surface area (Å²) < 4.78 is 19.8. The zero-order valence-corrected chi connectivity index (χ0v) is 19.0. The first-order chi connectivity index (χ1) is 15.8. The van der Waals surface area contributed by atoms with Crippen molar-refractivity contribution in [3.8, 4) is 0 Å². The third-order valence-electron chi connectivity index (χ3n) is 6.79. The molecule has 2 aromatic carbocycles. The Morgan fingerprint density at radius 1 is 1.21 bits per heavy atom. The number of carbonyl (C=O) groups is 1. The maximum atomic E-state index is 13.6. The van der Waals surface area contributed by atoms with Crippen LogP contribution in [0, 0.1) is 11.7 Å². The standard InChI is InChI=1S/C27H29FN2O3/c1-27(2)22(13-24(33-27)25-21-10-9-20(28)12-23(21)29-26(25)32)19-7-5-17(6-8-19)14-30-11-3-4-18(15-30)16-31/h5-10,12-13,18,31H,3-4,11,14-16H2,1-2H3,(H,29,32)/b25-24+. The van der Waals surface area contributed by atoms with E-state index in [-0.39, 0.29) is 18.3 Å². The van der Waals surface area contributed by atoms with Crippen LogP contribution in [0.25, 0.3) is 11.1 Å². The van der Waals surface area contributed by atoms with Crippen molar-refractivity contribution >= 4 is 22.7 Å². The Morgan fingerprint density at radius 3 is 2.76 bits per heavy atom. The zero-order chi connectivity index (χ0) is 23.2. The van der Waals surface area contributed by atoms with Gasteiger partial charge in [0, 0.05) is 30.8 Å². The highest BCUT2D eigenvalue weighted by molar-refractivity contribution is 6.32. The summed E-state index contributed by atoms with van der Waals surface area (Å²) in [5, 5.41) is 12.2. The monoisotopic (exact) mass is 448 g/mol. The lowest BCUT2D eigenvalue weighted by molar-refractivity contribution is -0.111. The van der Waals surface area contributed by atoms with Crippen LogP contribution in [-0.2, 0) is 16.1 Å². The number of hydrogen-bond donors (Lipinski definition) is 2. The molecule has 0 aliphatic carbocycles. The van der Waals surface area contributed by atoms with Crippen LogP contribution in [0.2, 0.25) is 0 Å². The number of nitrogens with one attached hydrogen (secondary N) is 1. The Hall–Kier alpha value is -2.96. The fraction of sp³-hybridized carbons (Fsp3) is 0.370. The third kappa shape index (κ3) is 4.21. The lowest BCUT2D eigenvalue weighted by Crippen LogP contribution is -2.36. The Morgan fingerprint density at radius 2 is 2.00 bits per heavy atom. The molecule has 0 aromatic heterocycles. The quantitative estimate of drug-likeness (QED) is 0.672. The fourth-order valence-corrected chi connectivity index (χ4v) is 5.10. The molecule has 3 heterocycles. The summed E-state index contributed by atoms with van der Waals surface area (Å²) in [7, 11) is 0. The van der Waals surface area contributed by atoms with E-state index in [1.54, 1.807) is 6.07 Å². The molecule has 1 amide bonds.